The Morgan fingerprint density at radius 2 is 1.96 bits per heavy atom. The van der Waals surface area contributed by atoms with Crippen molar-refractivity contribution in [1.29, 1.82) is 0 Å². The molecule has 7 heteroatoms. The minimum absolute atomic E-state index is 0.00767. The zero-order valence-corrected chi connectivity index (χ0v) is 13.7. The third-order valence-electron chi connectivity index (χ3n) is 4.08. The van der Waals surface area contributed by atoms with Crippen molar-refractivity contribution < 1.29 is 14.4 Å². The van der Waals surface area contributed by atoms with Crippen molar-refractivity contribution in [2.75, 3.05) is 6.54 Å². The van der Waals surface area contributed by atoms with Crippen LogP contribution in [-0.2, 0) is 11.3 Å². The van der Waals surface area contributed by atoms with Gasteiger partial charge in [-0.3, -0.25) is 19.5 Å². The molecule has 1 aliphatic heterocycles. The first-order valence-electron chi connectivity index (χ1n) is 7.93. The first-order valence-corrected chi connectivity index (χ1v) is 7.93. The van der Waals surface area contributed by atoms with Crippen LogP contribution in [0.4, 0.5) is 4.79 Å². The highest BCUT2D eigenvalue weighted by atomic mass is 16.2. The molecule has 1 unspecified atom stereocenters. The molecule has 3 rings (SSSR count). The number of pyridine rings is 1. The number of nitrogens with zero attached hydrogens (tertiary/aromatic N) is 2. The van der Waals surface area contributed by atoms with Gasteiger partial charge in [0, 0.05) is 18.0 Å². The van der Waals surface area contributed by atoms with Crippen molar-refractivity contribution in [3.05, 3.63) is 65.5 Å². The van der Waals surface area contributed by atoms with Gasteiger partial charge >= 0.3 is 6.03 Å². The molecule has 0 spiro atoms. The molecule has 1 aromatic heterocycles. The molecule has 0 radical (unpaired) electrons. The van der Waals surface area contributed by atoms with E-state index in [1.807, 2.05) is 19.1 Å². The van der Waals surface area contributed by atoms with E-state index >= 15 is 0 Å². The molecule has 128 valence electrons. The van der Waals surface area contributed by atoms with Gasteiger partial charge in [0.2, 0.25) is 5.91 Å². The monoisotopic (exact) mass is 338 g/mol. The lowest BCUT2D eigenvalue weighted by Gasteiger charge is -2.18. The number of benzene rings is 1. The average molecular weight is 338 g/mol. The highest BCUT2D eigenvalue weighted by Crippen LogP contribution is 2.16. The summed E-state index contributed by atoms with van der Waals surface area (Å²) in [6, 6.07) is 9.99. The third kappa shape index (κ3) is 3.65. The number of imide groups is 1. The summed E-state index contributed by atoms with van der Waals surface area (Å²) in [6.45, 7) is 1.94. The fraction of sp³-hybridized carbons (Fsp3) is 0.222. The fourth-order valence-corrected chi connectivity index (χ4v) is 2.68. The summed E-state index contributed by atoms with van der Waals surface area (Å²) in [5, 5.41) is 5.40. The van der Waals surface area contributed by atoms with E-state index in [0.717, 1.165) is 10.5 Å². The molecule has 1 aliphatic rings. The van der Waals surface area contributed by atoms with Crippen LogP contribution in [0.25, 0.3) is 0 Å². The summed E-state index contributed by atoms with van der Waals surface area (Å²) in [7, 11) is 0. The Bertz CT molecular complexity index is 791. The van der Waals surface area contributed by atoms with Gasteiger partial charge in [-0.15, -0.1) is 0 Å². The number of nitrogens with one attached hydrogen (secondary N) is 2. The largest absolute Gasteiger partial charge is 0.346 e. The predicted octanol–water partition coefficient (Wildman–Crippen LogP) is 1.62. The number of hydrogen-bond donors (Lipinski definition) is 2. The van der Waals surface area contributed by atoms with E-state index in [4.69, 9.17) is 0 Å². The van der Waals surface area contributed by atoms with Crippen LogP contribution in [-0.4, -0.2) is 34.3 Å². The van der Waals surface area contributed by atoms with Crippen molar-refractivity contribution in [1.82, 2.24) is 20.5 Å². The van der Waals surface area contributed by atoms with Crippen molar-refractivity contribution in [3.63, 3.8) is 0 Å². The highest BCUT2D eigenvalue weighted by molar-refractivity contribution is 6.02. The molecule has 0 aliphatic carbocycles. The number of carbonyl (C=O) groups is 3. The Labute approximate surface area is 145 Å². The Morgan fingerprint density at radius 3 is 2.64 bits per heavy atom. The summed E-state index contributed by atoms with van der Waals surface area (Å²) in [5.74, 6) is -0.558. The van der Waals surface area contributed by atoms with Gasteiger partial charge in [0.15, 0.2) is 0 Å². The molecule has 1 aromatic carbocycles. The second-order valence-corrected chi connectivity index (χ2v) is 5.77. The highest BCUT2D eigenvalue weighted by Gasteiger charge is 2.29. The minimum atomic E-state index is -0.439. The Morgan fingerprint density at radius 1 is 1.24 bits per heavy atom. The standard InChI is InChI=1S/C18H18N4O3/c1-12(13-6-8-19-9-7-13)21-17(24)15-5-3-2-4-14(15)11-22-16(23)10-20-18(22)25/h2-9,12H,10-11H2,1H3,(H,20,25)(H,21,24). The van der Waals surface area contributed by atoms with Crippen LogP contribution >= 0.6 is 0 Å². The number of aromatic nitrogens is 1. The molecular formula is C18H18N4O3. The van der Waals surface area contributed by atoms with Crippen LogP contribution in [0.2, 0.25) is 0 Å². The van der Waals surface area contributed by atoms with Gasteiger partial charge in [-0.1, -0.05) is 18.2 Å². The number of hydrogen-bond acceptors (Lipinski definition) is 4. The summed E-state index contributed by atoms with van der Waals surface area (Å²) in [5.41, 5.74) is 2.00. The van der Waals surface area contributed by atoms with E-state index in [-0.39, 0.29) is 30.9 Å². The molecule has 7 nitrogen and oxygen atoms in total. The lowest BCUT2D eigenvalue weighted by atomic mass is 10.0. The van der Waals surface area contributed by atoms with E-state index in [0.29, 0.717) is 11.1 Å². The van der Waals surface area contributed by atoms with E-state index in [2.05, 4.69) is 15.6 Å². The molecule has 1 saturated heterocycles. The number of urea groups is 1. The first kappa shape index (κ1) is 16.6. The zero-order chi connectivity index (χ0) is 17.8. The Kier molecular flexibility index (Phi) is 4.74. The van der Waals surface area contributed by atoms with Gasteiger partial charge < -0.3 is 10.6 Å². The lowest BCUT2D eigenvalue weighted by molar-refractivity contribution is -0.125. The van der Waals surface area contributed by atoms with Gasteiger partial charge in [-0.05, 0) is 36.2 Å². The van der Waals surface area contributed by atoms with Crippen molar-refractivity contribution in [2.45, 2.75) is 19.5 Å². The molecule has 0 bridgehead atoms. The Balaban J connectivity index is 1.77. The van der Waals surface area contributed by atoms with Crippen molar-refractivity contribution >= 4 is 17.8 Å². The maximum absolute atomic E-state index is 12.7. The SMILES string of the molecule is CC(NC(=O)c1ccccc1CN1C(=O)CNC1=O)c1ccncc1. The number of rotatable bonds is 5. The second-order valence-electron chi connectivity index (χ2n) is 5.77. The smallest absolute Gasteiger partial charge is 0.324 e. The molecular weight excluding hydrogens is 320 g/mol. The van der Waals surface area contributed by atoms with Crippen LogP contribution in [0.15, 0.2) is 48.8 Å². The second kappa shape index (κ2) is 7.12. The molecule has 2 N–H and O–H groups in total. The molecule has 1 atom stereocenters. The third-order valence-corrected chi connectivity index (χ3v) is 4.08. The quantitative estimate of drug-likeness (QED) is 0.811. The van der Waals surface area contributed by atoms with Crippen LogP contribution in [0.5, 0.6) is 0 Å². The normalized spacial score (nSPS) is 15.0. The number of carbonyl (C=O) groups excluding carboxylic acids is 3. The van der Waals surface area contributed by atoms with Gasteiger partial charge in [0.05, 0.1) is 19.1 Å². The molecule has 0 saturated carbocycles. The summed E-state index contributed by atoms with van der Waals surface area (Å²) >= 11 is 0. The summed E-state index contributed by atoms with van der Waals surface area (Å²) < 4.78 is 0. The molecule has 2 heterocycles. The van der Waals surface area contributed by atoms with E-state index in [1.165, 1.54) is 0 Å². The van der Waals surface area contributed by atoms with Gasteiger partial charge in [-0.2, -0.15) is 0 Å². The van der Waals surface area contributed by atoms with E-state index in [1.54, 1.807) is 36.7 Å². The summed E-state index contributed by atoms with van der Waals surface area (Å²) in [6.07, 6.45) is 3.34. The van der Waals surface area contributed by atoms with Gasteiger partial charge in [0.1, 0.15) is 0 Å². The van der Waals surface area contributed by atoms with E-state index < -0.39 is 6.03 Å². The lowest BCUT2D eigenvalue weighted by Crippen LogP contribution is -2.32. The van der Waals surface area contributed by atoms with Crippen LogP contribution < -0.4 is 10.6 Å². The maximum Gasteiger partial charge on any atom is 0.324 e. The van der Waals surface area contributed by atoms with Crippen molar-refractivity contribution in [3.8, 4) is 0 Å². The zero-order valence-electron chi connectivity index (χ0n) is 13.7. The average Bonchev–Trinajstić information content (AvgIpc) is 2.95. The number of amides is 4. The van der Waals surface area contributed by atoms with Gasteiger partial charge in [-0.25, -0.2) is 4.79 Å². The molecule has 25 heavy (non-hydrogen) atoms. The molecule has 2 aromatic rings. The van der Waals surface area contributed by atoms with Crippen LogP contribution in [0, 0.1) is 0 Å². The van der Waals surface area contributed by atoms with Gasteiger partial charge in [0.25, 0.3) is 5.91 Å². The first-order chi connectivity index (χ1) is 12.1. The van der Waals surface area contributed by atoms with E-state index in [9.17, 15) is 14.4 Å². The molecule has 1 fully saturated rings. The summed E-state index contributed by atoms with van der Waals surface area (Å²) in [4.78, 5) is 41.2. The predicted molar refractivity (Wildman–Crippen MR) is 90.5 cm³/mol. The topological polar surface area (TPSA) is 91.4 Å². The maximum atomic E-state index is 12.7. The fourth-order valence-electron chi connectivity index (χ4n) is 2.68. The van der Waals surface area contributed by atoms with Crippen molar-refractivity contribution in [2.24, 2.45) is 0 Å². The minimum Gasteiger partial charge on any atom is -0.346 e. The Hall–Kier alpha value is -3.22. The molecule has 4 amide bonds. The van der Waals surface area contributed by atoms with Crippen LogP contribution in [0.1, 0.15) is 34.5 Å². The van der Waals surface area contributed by atoms with Crippen LogP contribution in [0.3, 0.4) is 0 Å².